The second-order valence-electron chi connectivity index (χ2n) is 9.05. The molecule has 0 aliphatic carbocycles. The highest BCUT2D eigenvalue weighted by molar-refractivity contribution is 5.63. The van der Waals surface area contributed by atoms with Gasteiger partial charge < -0.3 is 26.6 Å². The molecule has 0 spiro atoms. The van der Waals surface area contributed by atoms with Crippen molar-refractivity contribution >= 4 is 11.6 Å². The third-order valence-electron chi connectivity index (χ3n) is 6.45. The number of aryl methyl sites for hydroxylation is 2. The van der Waals surface area contributed by atoms with Crippen LogP contribution in [0.4, 0.5) is 24.8 Å². The van der Waals surface area contributed by atoms with Crippen molar-refractivity contribution in [3.8, 4) is 5.75 Å². The van der Waals surface area contributed by atoms with Crippen molar-refractivity contribution in [1.29, 1.82) is 0 Å². The average molecular weight is 503 g/mol. The fourth-order valence-electron chi connectivity index (χ4n) is 4.58. The number of nitrogens with two attached hydrogens (primary N) is 1. The number of rotatable bonds is 8. The first-order chi connectivity index (χ1) is 17.2. The summed E-state index contributed by atoms with van der Waals surface area (Å²) < 4.78 is 41.1. The molecule has 0 bridgehead atoms. The van der Waals surface area contributed by atoms with E-state index in [1.165, 1.54) is 0 Å². The minimum atomic E-state index is -4.60. The standard InChI is InChI=1S/C26H30F3N5O2/c27-26(28,29)20-15-32-25(33-21(20)7-5-16-3-1-2-4-18(16)14-24(30)36)34-22-8-6-19(13-23(22)35)17-9-11-31-12-10-17/h1-4,6,8,13,15,17,24,31,35-36H,5,7,9-12,14,30H2,(H,32,33,34)/p+1. The van der Waals surface area contributed by atoms with Gasteiger partial charge in [0.1, 0.15) is 11.9 Å². The number of aliphatic hydroxyl groups is 1. The highest BCUT2D eigenvalue weighted by Crippen LogP contribution is 2.35. The molecule has 7 N–H and O–H groups in total. The van der Waals surface area contributed by atoms with E-state index in [0.29, 0.717) is 11.6 Å². The number of nitrogens with zero attached hydrogens (tertiary/aromatic N) is 2. The lowest BCUT2D eigenvalue weighted by Crippen LogP contribution is -2.26. The highest BCUT2D eigenvalue weighted by atomic mass is 19.4. The topological polar surface area (TPSA) is 119 Å². The molecular weight excluding hydrogens is 471 g/mol. The number of hydrogen-bond donors (Lipinski definition) is 4. The number of anilines is 2. The molecule has 0 radical (unpaired) electrons. The van der Waals surface area contributed by atoms with Crippen LogP contribution < -0.4 is 16.4 Å². The Morgan fingerprint density at radius 3 is 2.50 bits per heavy atom. The number of benzene rings is 2. The van der Waals surface area contributed by atoms with Crippen molar-refractivity contribution in [2.45, 2.75) is 50.4 Å². The second kappa shape index (κ2) is 11.2. The largest absolute Gasteiger partial charge is 0.592 e. The summed E-state index contributed by atoms with van der Waals surface area (Å²) in [7, 11) is 0. The van der Waals surface area contributed by atoms with E-state index < -0.39 is 18.0 Å². The molecule has 1 aliphatic rings. The molecule has 0 saturated carbocycles. The Hall–Kier alpha value is -3.21. The van der Waals surface area contributed by atoms with Gasteiger partial charge >= 0.3 is 6.18 Å². The van der Waals surface area contributed by atoms with Crippen molar-refractivity contribution < 1.29 is 23.4 Å². The van der Waals surface area contributed by atoms with E-state index in [9.17, 15) is 18.3 Å². The maximum absolute atomic E-state index is 13.7. The van der Waals surface area contributed by atoms with Crippen LogP contribution in [0.2, 0.25) is 0 Å². The molecule has 192 valence electrons. The first kappa shape index (κ1) is 25.9. The van der Waals surface area contributed by atoms with Gasteiger partial charge in [0.25, 0.3) is 5.75 Å². The van der Waals surface area contributed by atoms with Gasteiger partial charge in [-0.1, -0.05) is 30.3 Å². The molecular formula is C26H31F3N5O2+. The van der Waals surface area contributed by atoms with Crippen molar-refractivity contribution in [2.75, 3.05) is 18.4 Å². The summed E-state index contributed by atoms with van der Waals surface area (Å²) in [4.78, 5) is 8.07. The van der Waals surface area contributed by atoms with Gasteiger partial charge in [-0.2, -0.15) is 13.2 Å². The number of hydrogen-bond acceptors (Lipinski definition) is 6. The van der Waals surface area contributed by atoms with E-state index >= 15 is 0 Å². The minimum absolute atomic E-state index is 0.00628. The highest BCUT2D eigenvalue weighted by Gasteiger charge is 2.35. The summed E-state index contributed by atoms with van der Waals surface area (Å²) in [6.07, 6.45) is -2.34. The van der Waals surface area contributed by atoms with Crippen LogP contribution in [0.15, 0.2) is 48.7 Å². The third kappa shape index (κ3) is 6.51. The van der Waals surface area contributed by atoms with Crippen molar-refractivity contribution in [3.05, 3.63) is 76.6 Å². The lowest BCUT2D eigenvalue weighted by atomic mass is 9.90. The molecule has 1 aliphatic heterocycles. The summed E-state index contributed by atoms with van der Waals surface area (Å²) in [6.45, 7) is 1.88. The van der Waals surface area contributed by atoms with Gasteiger partial charge in [-0.15, -0.1) is 0 Å². The van der Waals surface area contributed by atoms with Gasteiger partial charge in [-0.05, 0) is 67.4 Å². The van der Waals surface area contributed by atoms with Crippen LogP contribution in [0.25, 0.3) is 0 Å². The predicted octanol–water partition coefficient (Wildman–Crippen LogP) is 3.75. The molecule has 1 atom stereocenters. The Balaban J connectivity index is 1.55. The van der Waals surface area contributed by atoms with Crippen molar-refractivity contribution in [3.63, 3.8) is 0 Å². The van der Waals surface area contributed by atoms with E-state index in [0.717, 1.165) is 48.8 Å². The second-order valence-corrected chi connectivity index (χ2v) is 9.05. The van der Waals surface area contributed by atoms with E-state index in [2.05, 4.69) is 20.6 Å². The molecule has 36 heavy (non-hydrogen) atoms. The zero-order valence-electron chi connectivity index (χ0n) is 19.8. The smallest absolute Gasteiger partial charge is 0.419 e. The molecule has 7 nitrogen and oxygen atoms in total. The SMILES string of the molecule is NC(O)Cc1ccccc1CCc1nc(Nc2ccc(C3CCNCC3)cc2[OH2+])ncc1C(F)(F)F. The fourth-order valence-corrected chi connectivity index (χ4v) is 4.58. The Kier molecular flexibility index (Phi) is 8.07. The average Bonchev–Trinajstić information content (AvgIpc) is 2.84. The van der Waals surface area contributed by atoms with Gasteiger partial charge in [0.15, 0.2) is 0 Å². The number of aliphatic hydroxyl groups excluding tert-OH is 1. The molecule has 4 rings (SSSR count). The van der Waals surface area contributed by atoms with Crippen molar-refractivity contribution in [2.24, 2.45) is 5.73 Å². The minimum Gasteiger partial charge on any atom is -0.592 e. The third-order valence-corrected chi connectivity index (χ3v) is 6.45. The van der Waals surface area contributed by atoms with Gasteiger partial charge in [-0.25, -0.2) is 9.97 Å². The molecule has 1 aromatic heterocycles. The summed E-state index contributed by atoms with van der Waals surface area (Å²) in [5, 5.41) is 24.2. The summed E-state index contributed by atoms with van der Waals surface area (Å²) in [5.74, 6) is 0.638. The van der Waals surface area contributed by atoms with Crippen LogP contribution in [0.5, 0.6) is 5.75 Å². The van der Waals surface area contributed by atoms with Gasteiger partial charge in [0.2, 0.25) is 5.95 Å². The number of nitrogens with one attached hydrogen (secondary N) is 2. The first-order valence-corrected chi connectivity index (χ1v) is 12.0. The van der Waals surface area contributed by atoms with Crippen LogP contribution in [-0.2, 0) is 25.4 Å². The Morgan fingerprint density at radius 2 is 1.83 bits per heavy atom. The fraction of sp³-hybridized carbons (Fsp3) is 0.385. The van der Waals surface area contributed by atoms with E-state index in [-0.39, 0.29) is 36.7 Å². The Bertz CT molecular complexity index is 1180. The quantitative estimate of drug-likeness (QED) is 0.275. The number of piperidine rings is 1. The Morgan fingerprint density at radius 1 is 1.11 bits per heavy atom. The molecule has 2 heterocycles. The van der Waals surface area contributed by atoms with E-state index in [1.54, 1.807) is 30.3 Å². The normalized spacial score (nSPS) is 15.6. The summed E-state index contributed by atoms with van der Waals surface area (Å²) >= 11 is 0. The predicted molar refractivity (Wildman–Crippen MR) is 132 cm³/mol. The first-order valence-electron chi connectivity index (χ1n) is 12.0. The maximum Gasteiger partial charge on any atom is 0.419 e. The number of alkyl halides is 3. The molecule has 1 unspecified atom stereocenters. The molecule has 0 amide bonds. The molecule has 3 aromatic rings. The zero-order chi connectivity index (χ0) is 25.7. The van der Waals surface area contributed by atoms with E-state index in [1.807, 2.05) is 12.1 Å². The molecule has 10 heteroatoms. The molecule has 2 aromatic carbocycles. The zero-order valence-corrected chi connectivity index (χ0v) is 19.8. The lowest BCUT2D eigenvalue weighted by Gasteiger charge is -2.23. The molecule has 1 saturated heterocycles. The van der Waals surface area contributed by atoms with Crippen LogP contribution in [0.1, 0.15) is 46.7 Å². The van der Waals surface area contributed by atoms with E-state index in [4.69, 9.17) is 10.8 Å². The lowest BCUT2D eigenvalue weighted by molar-refractivity contribution is -0.138. The van der Waals surface area contributed by atoms with Crippen LogP contribution >= 0.6 is 0 Å². The van der Waals surface area contributed by atoms with Crippen molar-refractivity contribution in [1.82, 2.24) is 15.3 Å². The van der Waals surface area contributed by atoms with Crippen LogP contribution in [-0.4, -0.2) is 39.5 Å². The monoisotopic (exact) mass is 502 g/mol. The van der Waals surface area contributed by atoms with Gasteiger partial charge in [0.05, 0.1) is 11.3 Å². The van der Waals surface area contributed by atoms with Crippen LogP contribution in [0, 0.1) is 0 Å². The van der Waals surface area contributed by atoms with Gasteiger partial charge in [-0.3, -0.25) is 0 Å². The number of halogens is 3. The number of aromatic nitrogens is 2. The maximum atomic E-state index is 13.7. The van der Waals surface area contributed by atoms with Crippen LogP contribution in [0.3, 0.4) is 0 Å². The summed E-state index contributed by atoms with van der Waals surface area (Å²) in [5.41, 5.74) is 7.56. The van der Waals surface area contributed by atoms with Gasteiger partial charge in [0, 0.05) is 18.7 Å². The molecule has 1 fully saturated rings. The summed E-state index contributed by atoms with van der Waals surface area (Å²) in [6, 6.07) is 12.7. The Labute approximate surface area is 207 Å².